The zero-order valence-corrected chi connectivity index (χ0v) is 13.1. The van der Waals surface area contributed by atoms with Gasteiger partial charge in [-0.15, -0.1) is 13.3 Å². The van der Waals surface area contributed by atoms with Crippen molar-refractivity contribution >= 4 is 8.32 Å². The van der Waals surface area contributed by atoms with Gasteiger partial charge in [-0.25, -0.2) is 6.08 Å². The largest absolute Gasteiger partial charge is 1.00 e. The number of hydrogen-bond donors (Lipinski definition) is 0. The molecule has 0 aromatic heterocycles. The molecule has 0 aromatic carbocycles. The molecule has 0 amide bonds. The normalized spacial score (nSPS) is 17.1. The summed E-state index contributed by atoms with van der Waals surface area (Å²) in [5, 5.41) is 0.262. The molecule has 1 aliphatic carbocycles. The van der Waals surface area contributed by atoms with E-state index in [1.807, 2.05) is 0 Å². The van der Waals surface area contributed by atoms with E-state index in [2.05, 4.69) is 53.8 Å². The predicted octanol–water partition coefficient (Wildman–Crippen LogP) is 1.44. The standard InChI is InChI=1S/C13H23OSi.Li/c1-10-8-9-12(11(10)2)14-15(6,7)13(3,4)5;/h8H2,1-7H3;/q-1;+1. The zero-order chi connectivity index (χ0) is 11.9. The fourth-order valence-electron chi connectivity index (χ4n) is 1.19. The Bertz CT molecular complexity index is 321. The summed E-state index contributed by atoms with van der Waals surface area (Å²) < 4.78 is 6.23. The molecule has 1 nitrogen and oxygen atoms in total. The van der Waals surface area contributed by atoms with Crippen LogP contribution in [0.25, 0.3) is 0 Å². The van der Waals surface area contributed by atoms with Crippen LogP contribution in [0.5, 0.6) is 0 Å². The van der Waals surface area contributed by atoms with Crippen LogP contribution in [0.3, 0.4) is 0 Å². The minimum Gasteiger partial charge on any atom is -0.576 e. The van der Waals surface area contributed by atoms with Crippen LogP contribution in [0.1, 0.15) is 41.0 Å². The van der Waals surface area contributed by atoms with Gasteiger partial charge in [0.05, 0.1) is 0 Å². The average Bonchev–Trinajstić information content (AvgIpc) is 2.33. The monoisotopic (exact) mass is 230 g/mol. The van der Waals surface area contributed by atoms with Crippen LogP contribution in [-0.2, 0) is 4.43 Å². The zero-order valence-electron chi connectivity index (χ0n) is 12.1. The van der Waals surface area contributed by atoms with Crippen molar-refractivity contribution in [2.75, 3.05) is 0 Å². The summed E-state index contributed by atoms with van der Waals surface area (Å²) in [5.41, 5.74) is 2.68. The molecule has 0 aromatic rings. The van der Waals surface area contributed by atoms with Crippen LogP contribution in [0.4, 0.5) is 0 Å². The van der Waals surface area contributed by atoms with E-state index in [9.17, 15) is 0 Å². The van der Waals surface area contributed by atoms with Crippen LogP contribution in [-0.4, -0.2) is 8.32 Å². The molecule has 0 atom stereocenters. The summed E-state index contributed by atoms with van der Waals surface area (Å²) in [6, 6.07) is 0. The van der Waals surface area contributed by atoms with E-state index in [0.29, 0.717) is 0 Å². The van der Waals surface area contributed by atoms with E-state index in [-0.39, 0.29) is 23.9 Å². The molecule has 0 bridgehead atoms. The Kier molecular flexibility index (Phi) is 5.20. The molecule has 0 radical (unpaired) electrons. The fraction of sp³-hybridized carbons (Fsp3) is 0.692. The van der Waals surface area contributed by atoms with Crippen molar-refractivity contribution in [3.8, 4) is 0 Å². The topological polar surface area (TPSA) is 9.23 Å². The summed E-state index contributed by atoms with van der Waals surface area (Å²) >= 11 is 0. The van der Waals surface area contributed by atoms with Crippen molar-refractivity contribution in [2.24, 2.45) is 0 Å². The quantitative estimate of drug-likeness (QED) is 0.515. The van der Waals surface area contributed by atoms with Gasteiger partial charge < -0.3 is 4.43 Å². The summed E-state index contributed by atoms with van der Waals surface area (Å²) in [6.45, 7) is 15.6. The third kappa shape index (κ3) is 3.29. The van der Waals surface area contributed by atoms with Gasteiger partial charge in [-0.05, 0) is 18.1 Å². The van der Waals surface area contributed by atoms with Gasteiger partial charge in [0.2, 0.25) is 8.32 Å². The maximum Gasteiger partial charge on any atom is 1.00 e. The van der Waals surface area contributed by atoms with E-state index in [1.54, 1.807) is 0 Å². The summed E-state index contributed by atoms with van der Waals surface area (Å²) in [4.78, 5) is 0. The minimum atomic E-state index is -1.68. The molecule has 86 valence electrons. The molecule has 3 heteroatoms. The van der Waals surface area contributed by atoms with E-state index in [1.165, 1.54) is 11.1 Å². The molecule has 0 fully saturated rings. The van der Waals surface area contributed by atoms with Crippen LogP contribution < -0.4 is 18.9 Å². The van der Waals surface area contributed by atoms with Crippen LogP contribution >= 0.6 is 0 Å². The van der Waals surface area contributed by atoms with Crippen molar-refractivity contribution in [3.63, 3.8) is 0 Å². The third-order valence-electron chi connectivity index (χ3n) is 3.66. The molecule has 1 rings (SSSR count). The van der Waals surface area contributed by atoms with Crippen LogP contribution in [0.2, 0.25) is 18.1 Å². The number of allylic oxidation sites excluding steroid dienone is 3. The Balaban J connectivity index is 0.00000225. The maximum atomic E-state index is 6.23. The Morgan fingerprint density at radius 2 is 1.69 bits per heavy atom. The summed E-state index contributed by atoms with van der Waals surface area (Å²) in [6.07, 6.45) is 4.28. The van der Waals surface area contributed by atoms with Crippen molar-refractivity contribution < 1.29 is 23.3 Å². The number of hydrogen-bond acceptors (Lipinski definition) is 1. The number of rotatable bonds is 2. The first-order chi connectivity index (χ1) is 6.65. The van der Waals surface area contributed by atoms with E-state index in [0.717, 1.165) is 12.2 Å². The molecule has 0 saturated heterocycles. The van der Waals surface area contributed by atoms with Gasteiger partial charge in [0.25, 0.3) is 0 Å². The minimum absolute atomic E-state index is 0. The molecule has 0 N–H and O–H groups in total. The first-order valence-electron chi connectivity index (χ1n) is 5.62. The molecular formula is C13H23LiOSi. The second-order valence-corrected chi connectivity index (χ2v) is 10.7. The predicted molar refractivity (Wildman–Crippen MR) is 68.0 cm³/mol. The van der Waals surface area contributed by atoms with Gasteiger partial charge in [0, 0.05) is 0 Å². The van der Waals surface area contributed by atoms with E-state index < -0.39 is 8.32 Å². The van der Waals surface area contributed by atoms with Crippen molar-refractivity contribution in [1.29, 1.82) is 0 Å². The Morgan fingerprint density at radius 1 is 1.19 bits per heavy atom. The first kappa shape index (κ1) is 16.1. The Labute approximate surface area is 114 Å². The third-order valence-corrected chi connectivity index (χ3v) is 7.99. The van der Waals surface area contributed by atoms with E-state index >= 15 is 0 Å². The SMILES string of the molecule is CC1=C(C)C(O[Si](C)(C)C(C)(C)C)=[C-]C1.[Li+]. The molecule has 0 unspecified atom stereocenters. The second-order valence-electron chi connectivity index (χ2n) is 5.95. The van der Waals surface area contributed by atoms with Crippen molar-refractivity contribution in [2.45, 2.75) is 59.2 Å². The molecule has 0 spiro atoms. The van der Waals surface area contributed by atoms with Gasteiger partial charge in [0.15, 0.2) is 0 Å². The molecule has 1 aliphatic rings. The second kappa shape index (κ2) is 5.17. The molecule has 0 aliphatic heterocycles. The molecular weight excluding hydrogens is 207 g/mol. The molecule has 0 saturated carbocycles. The maximum absolute atomic E-state index is 6.23. The van der Waals surface area contributed by atoms with Gasteiger partial charge in [0.1, 0.15) is 0 Å². The van der Waals surface area contributed by atoms with Crippen molar-refractivity contribution in [1.82, 2.24) is 0 Å². The van der Waals surface area contributed by atoms with Gasteiger partial charge in [-0.3, -0.25) is 0 Å². The Morgan fingerprint density at radius 3 is 2.00 bits per heavy atom. The molecule has 0 heterocycles. The average molecular weight is 230 g/mol. The summed E-state index contributed by atoms with van der Waals surface area (Å²) in [5.74, 6) is 1.01. The van der Waals surface area contributed by atoms with Crippen LogP contribution in [0.15, 0.2) is 16.9 Å². The van der Waals surface area contributed by atoms with Gasteiger partial charge in [-0.1, -0.05) is 33.5 Å². The molecule has 16 heavy (non-hydrogen) atoms. The van der Waals surface area contributed by atoms with Gasteiger partial charge >= 0.3 is 18.9 Å². The summed E-state index contributed by atoms with van der Waals surface area (Å²) in [7, 11) is -1.68. The first-order valence-corrected chi connectivity index (χ1v) is 8.52. The van der Waals surface area contributed by atoms with Crippen LogP contribution in [0, 0.1) is 6.08 Å². The Hall–Kier alpha value is 0.0943. The van der Waals surface area contributed by atoms with Crippen molar-refractivity contribution in [3.05, 3.63) is 23.0 Å². The smallest absolute Gasteiger partial charge is 0.576 e. The fourth-order valence-corrected chi connectivity index (χ4v) is 2.23. The van der Waals surface area contributed by atoms with E-state index in [4.69, 9.17) is 4.43 Å². The van der Waals surface area contributed by atoms with Gasteiger partial charge in [-0.2, -0.15) is 11.1 Å².